The standard InChI is InChI=1S/C20H24FN3O/c1-15-6-5-8-18(16(15)2)22-14-20(25)24-12-10-23(11-13-24)19-9-4-3-7-17(19)21/h3-9,22H,10-14H2,1-2H3. The van der Waals surface area contributed by atoms with Gasteiger partial charge in [-0.2, -0.15) is 0 Å². The molecule has 5 heteroatoms. The molecular formula is C20H24FN3O. The first kappa shape index (κ1) is 17.3. The van der Waals surface area contributed by atoms with E-state index in [4.69, 9.17) is 0 Å². The highest BCUT2D eigenvalue weighted by Gasteiger charge is 2.22. The second kappa shape index (κ2) is 7.55. The Morgan fingerprint density at radius 1 is 1.04 bits per heavy atom. The van der Waals surface area contributed by atoms with Gasteiger partial charge in [0.25, 0.3) is 0 Å². The molecular weight excluding hydrogens is 317 g/mol. The van der Waals surface area contributed by atoms with Gasteiger partial charge in [0.2, 0.25) is 5.91 Å². The van der Waals surface area contributed by atoms with Crippen LogP contribution in [0.1, 0.15) is 11.1 Å². The summed E-state index contributed by atoms with van der Waals surface area (Å²) in [7, 11) is 0. The van der Waals surface area contributed by atoms with Crippen LogP contribution in [0.4, 0.5) is 15.8 Å². The number of hydrogen-bond acceptors (Lipinski definition) is 3. The van der Waals surface area contributed by atoms with E-state index in [2.05, 4.69) is 25.2 Å². The Balaban J connectivity index is 1.53. The third-order valence-electron chi connectivity index (χ3n) is 4.86. The second-order valence-electron chi connectivity index (χ2n) is 6.42. The number of nitrogens with zero attached hydrogens (tertiary/aromatic N) is 2. The predicted molar refractivity (Wildman–Crippen MR) is 99.6 cm³/mol. The molecule has 2 aromatic rings. The van der Waals surface area contributed by atoms with E-state index in [1.807, 2.05) is 28.0 Å². The minimum Gasteiger partial charge on any atom is -0.376 e. The van der Waals surface area contributed by atoms with E-state index >= 15 is 0 Å². The van der Waals surface area contributed by atoms with Gasteiger partial charge in [0.15, 0.2) is 0 Å². The zero-order chi connectivity index (χ0) is 17.8. The molecule has 0 saturated carbocycles. The molecule has 0 radical (unpaired) electrons. The molecule has 2 aromatic carbocycles. The summed E-state index contributed by atoms with van der Waals surface area (Å²) in [6.07, 6.45) is 0. The van der Waals surface area contributed by atoms with Crippen molar-refractivity contribution in [3.8, 4) is 0 Å². The number of piperazine rings is 1. The van der Waals surface area contributed by atoms with Crippen LogP contribution in [0.15, 0.2) is 42.5 Å². The summed E-state index contributed by atoms with van der Waals surface area (Å²) >= 11 is 0. The predicted octanol–water partition coefficient (Wildman–Crippen LogP) is 3.20. The molecule has 1 amide bonds. The average molecular weight is 341 g/mol. The number of carbonyl (C=O) groups excluding carboxylic acids is 1. The van der Waals surface area contributed by atoms with Crippen LogP contribution in [0.2, 0.25) is 0 Å². The molecule has 1 heterocycles. The largest absolute Gasteiger partial charge is 0.376 e. The highest BCUT2D eigenvalue weighted by atomic mass is 19.1. The minimum atomic E-state index is -0.209. The number of para-hydroxylation sites is 1. The summed E-state index contributed by atoms with van der Waals surface area (Å²) in [4.78, 5) is 16.3. The molecule has 1 aliphatic rings. The van der Waals surface area contributed by atoms with Crippen LogP contribution < -0.4 is 10.2 Å². The second-order valence-corrected chi connectivity index (χ2v) is 6.42. The maximum atomic E-state index is 13.9. The molecule has 132 valence electrons. The van der Waals surface area contributed by atoms with Gasteiger partial charge in [0.05, 0.1) is 12.2 Å². The summed E-state index contributed by atoms with van der Waals surface area (Å²) in [5.74, 6) is -0.132. The average Bonchev–Trinajstić information content (AvgIpc) is 2.63. The highest BCUT2D eigenvalue weighted by Crippen LogP contribution is 2.21. The van der Waals surface area contributed by atoms with Gasteiger partial charge >= 0.3 is 0 Å². The Kier molecular flexibility index (Phi) is 5.22. The molecule has 1 saturated heterocycles. The fourth-order valence-corrected chi connectivity index (χ4v) is 3.13. The summed E-state index contributed by atoms with van der Waals surface area (Å²) in [5, 5.41) is 3.24. The van der Waals surface area contributed by atoms with Crippen molar-refractivity contribution < 1.29 is 9.18 Å². The molecule has 0 aliphatic carbocycles. The van der Waals surface area contributed by atoms with E-state index in [1.54, 1.807) is 12.1 Å². The minimum absolute atomic E-state index is 0.0779. The van der Waals surface area contributed by atoms with Crippen LogP contribution in [0.5, 0.6) is 0 Å². The molecule has 4 nitrogen and oxygen atoms in total. The molecule has 1 aliphatic heterocycles. The molecule has 3 rings (SSSR count). The molecule has 1 N–H and O–H groups in total. The van der Waals surface area contributed by atoms with Crippen molar-refractivity contribution in [3.63, 3.8) is 0 Å². The van der Waals surface area contributed by atoms with E-state index in [9.17, 15) is 9.18 Å². The van der Waals surface area contributed by atoms with Crippen molar-refractivity contribution in [1.29, 1.82) is 0 Å². The normalized spacial score (nSPS) is 14.5. The van der Waals surface area contributed by atoms with E-state index in [0.29, 0.717) is 31.9 Å². The van der Waals surface area contributed by atoms with Crippen molar-refractivity contribution in [3.05, 3.63) is 59.4 Å². The van der Waals surface area contributed by atoms with Crippen molar-refractivity contribution in [2.45, 2.75) is 13.8 Å². The van der Waals surface area contributed by atoms with Crippen LogP contribution in [0, 0.1) is 19.7 Å². The first-order chi connectivity index (χ1) is 12.1. The number of hydrogen-bond donors (Lipinski definition) is 1. The van der Waals surface area contributed by atoms with Crippen molar-refractivity contribution in [2.24, 2.45) is 0 Å². The van der Waals surface area contributed by atoms with Crippen molar-refractivity contribution >= 4 is 17.3 Å². The van der Waals surface area contributed by atoms with Crippen LogP contribution in [0.3, 0.4) is 0 Å². The number of aryl methyl sites for hydroxylation is 1. The van der Waals surface area contributed by atoms with Crippen LogP contribution in [0.25, 0.3) is 0 Å². The lowest BCUT2D eigenvalue weighted by molar-refractivity contribution is -0.129. The van der Waals surface area contributed by atoms with Crippen LogP contribution >= 0.6 is 0 Å². The van der Waals surface area contributed by atoms with Gasteiger partial charge in [-0.3, -0.25) is 4.79 Å². The third-order valence-corrected chi connectivity index (χ3v) is 4.86. The summed E-state index contributed by atoms with van der Waals surface area (Å²) in [5.41, 5.74) is 3.98. The van der Waals surface area contributed by atoms with E-state index in [0.717, 1.165) is 5.69 Å². The van der Waals surface area contributed by atoms with Gasteiger partial charge < -0.3 is 15.1 Å². The lowest BCUT2D eigenvalue weighted by atomic mass is 10.1. The molecule has 0 aromatic heterocycles. The van der Waals surface area contributed by atoms with Crippen LogP contribution in [-0.4, -0.2) is 43.5 Å². The maximum Gasteiger partial charge on any atom is 0.241 e. The number of rotatable bonds is 4. The lowest BCUT2D eigenvalue weighted by Gasteiger charge is -2.36. The van der Waals surface area contributed by atoms with E-state index in [1.165, 1.54) is 17.2 Å². The zero-order valence-electron chi connectivity index (χ0n) is 14.8. The molecule has 1 fully saturated rings. The van der Waals surface area contributed by atoms with Crippen molar-refractivity contribution in [1.82, 2.24) is 4.90 Å². The summed E-state index contributed by atoms with van der Waals surface area (Å²) in [6, 6.07) is 12.8. The Bertz CT molecular complexity index is 754. The number of benzene rings is 2. The fourth-order valence-electron chi connectivity index (χ4n) is 3.13. The Labute approximate surface area is 148 Å². The summed E-state index contributed by atoms with van der Waals surface area (Å²) in [6.45, 7) is 6.92. The maximum absolute atomic E-state index is 13.9. The smallest absolute Gasteiger partial charge is 0.241 e. The number of nitrogens with one attached hydrogen (secondary N) is 1. The van der Waals surface area contributed by atoms with E-state index in [-0.39, 0.29) is 18.3 Å². The molecule has 0 unspecified atom stereocenters. The monoisotopic (exact) mass is 341 g/mol. The Morgan fingerprint density at radius 3 is 2.48 bits per heavy atom. The van der Waals surface area contributed by atoms with Gasteiger partial charge in [-0.1, -0.05) is 24.3 Å². The Hall–Kier alpha value is -2.56. The van der Waals surface area contributed by atoms with Gasteiger partial charge in [-0.05, 0) is 43.2 Å². The lowest BCUT2D eigenvalue weighted by Crippen LogP contribution is -2.50. The third kappa shape index (κ3) is 3.92. The fraction of sp³-hybridized carbons (Fsp3) is 0.350. The first-order valence-electron chi connectivity index (χ1n) is 8.63. The van der Waals surface area contributed by atoms with Gasteiger partial charge in [-0.15, -0.1) is 0 Å². The van der Waals surface area contributed by atoms with Crippen molar-refractivity contribution in [2.75, 3.05) is 42.9 Å². The topological polar surface area (TPSA) is 35.6 Å². The highest BCUT2D eigenvalue weighted by molar-refractivity contribution is 5.81. The number of anilines is 2. The Morgan fingerprint density at radius 2 is 1.76 bits per heavy atom. The number of halogens is 1. The quantitative estimate of drug-likeness (QED) is 0.928. The van der Waals surface area contributed by atoms with E-state index < -0.39 is 0 Å². The number of amides is 1. The first-order valence-corrected chi connectivity index (χ1v) is 8.63. The van der Waals surface area contributed by atoms with Gasteiger partial charge in [-0.25, -0.2) is 4.39 Å². The molecule has 0 bridgehead atoms. The molecule has 0 atom stereocenters. The van der Waals surface area contributed by atoms with Crippen LogP contribution in [-0.2, 0) is 4.79 Å². The molecule has 0 spiro atoms. The SMILES string of the molecule is Cc1cccc(NCC(=O)N2CCN(c3ccccc3F)CC2)c1C. The van der Waals surface area contributed by atoms with Gasteiger partial charge in [0, 0.05) is 31.9 Å². The zero-order valence-corrected chi connectivity index (χ0v) is 14.8. The molecule has 25 heavy (non-hydrogen) atoms. The van der Waals surface area contributed by atoms with Gasteiger partial charge in [0.1, 0.15) is 5.82 Å². The summed E-state index contributed by atoms with van der Waals surface area (Å²) < 4.78 is 13.9. The number of carbonyl (C=O) groups is 1.